The number of halogens is 1. The minimum atomic E-state index is -1.49. The van der Waals surface area contributed by atoms with E-state index in [1.54, 1.807) is 48.7 Å². The fraction of sp³-hybridized carbons (Fsp3) is 0.160. The zero-order chi connectivity index (χ0) is 23.4. The molecule has 4 aromatic rings. The van der Waals surface area contributed by atoms with Gasteiger partial charge in [0.25, 0.3) is 11.8 Å². The Morgan fingerprint density at radius 2 is 1.85 bits per heavy atom. The van der Waals surface area contributed by atoms with Gasteiger partial charge in [-0.15, -0.1) is 0 Å². The zero-order valence-corrected chi connectivity index (χ0v) is 18.7. The highest BCUT2D eigenvalue weighted by Crippen LogP contribution is 2.20. The molecular formula is C25H23ClN4O3. The first-order valence-corrected chi connectivity index (χ1v) is 10.8. The van der Waals surface area contributed by atoms with Crippen LogP contribution in [0, 0.1) is 0 Å². The van der Waals surface area contributed by atoms with Crippen LogP contribution < -0.4 is 10.2 Å². The molecule has 2 aromatic heterocycles. The molecule has 0 fully saturated rings. The standard InChI is InChI=1S/C25H23ClN4O3/c1-30(22-9-5-6-12-27-22)25(33)23(31)20(13-16-7-3-2-4-8-16)29-24(32)21-15-17-14-18(26)10-11-19(17)28-21/h2-12,14-15,20,23,28,31H,13H2,1H3,(H,29,32)/t20-,23+/m0/s1. The summed E-state index contributed by atoms with van der Waals surface area (Å²) in [5, 5.41) is 15.2. The number of amides is 2. The van der Waals surface area contributed by atoms with E-state index in [1.165, 1.54) is 11.9 Å². The van der Waals surface area contributed by atoms with Gasteiger partial charge in [-0.2, -0.15) is 0 Å². The van der Waals surface area contributed by atoms with Gasteiger partial charge in [-0.05, 0) is 48.4 Å². The van der Waals surface area contributed by atoms with Crippen LogP contribution in [0.15, 0.2) is 79.0 Å². The first-order chi connectivity index (χ1) is 15.9. The van der Waals surface area contributed by atoms with Crippen LogP contribution in [0.3, 0.4) is 0 Å². The third-order valence-electron chi connectivity index (χ3n) is 5.40. The number of nitrogens with zero attached hydrogens (tertiary/aromatic N) is 2. The summed E-state index contributed by atoms with van der Waals surface area (Å²) < 4.78 is 0. The monoisotopic (exact) mass is 462 g/mol. The molecule has 0 aliphatic rings. The van der Waals surface area contributed by atoms with Crippen LogP contribution in [0.2, 0.25) is 5.02 Å². The molecule has 0 spiro atoms. The predicted octanol–water partition coefficient (Wildman–Crippen LogP) is 3.58. The second-order valence-corrected chi connectivity index (χ2v) is 8.15. The molecule has 3 N–H and O–H groups in total. The Morgan fingerprint density at radius 1 is 1.09 bits per heavy atom. The molecule has 2 aromatic carbocycles. The van der Waals surface area contributed by atoms with Crippen LogP contribution >= 0.6 is 11.6 Å². The Bertz CT molecular complexity index is 1260. The van der Waals surface area contributed by atoms with E-state index in [9.17, 15) is 14.7 Å². The number of pyridine rings is 1. The summed E-state index contributed by atoms with van der Waals surface area (Å²) in [7, 11) is 1.54. The number of aromatic nitrogens is 2. The van der Waals surface area contributed by atoms with Crippen molar-refractivity contribution in [1.82, 2.24) is 15.3 Å². The number of aliphatic hydroxyl groups excluding tert-OH is 1. The van der Waals surface area contributed by atoms with Gasteiger partial charge in [-0.1, -0.05) is 48.0 Å². The second-order valence-electron chi connectivity index (χ2n) is 7.71. The summed E-state index contributed by atoms with van der Waals surface area (Å²) in [5.41, 5.74) is 1.94. The van der Waals surface area contributed by atoms with E-state index in [0.29, 0.717) is 16.5 Å². The molecule has 8 heteroatoms. The minimum Gasteiger partial charge on any atom is -0.381 e. The molecule has 0 saturated heterocycles. The maximum atomic E-state index is 13.0. The van der Waals surface area contributed by atoms with Crippen LogP contribution in [-0.4, -0.2) is 46.1 Å². The molecule has 168 valence electrons. The average molecular weight is 463 g/mol. The molecule has 7 nitrogen and oxygen atoms in total. The van der Waals surface area contributed by atoms with Crippen LogP contribution in [0.4, 0.5) is 5.82 Å². The van der Waals surface area contributed by atoms with Crippen LogP contribution in [0.1, 0.15) is 16.1 Å². The molecule has 33 heavy (non-hydrogen) atoms. The number of hydrogen-bond acceptors (Lipinski definition) is 4. The van der Waals surface area contributed by atoms with Gasteiger partial charge in [0, 0.05) is 29.2 Å². The number of likely N-dealkylation sites (N-methyl/N-ethyl adjacent to an activating group) is 1. The van der Waals surface area contributed by atoms with Crippen molar-refractivity contribution >= 4 is 40.1 Å². The maximum absolute atomic E-state index is 13.0. The number of H-pyrrole nitrogens is 1. The van der Waals surface area contributed by atoms with E-state index in [-0.39, 0.29) is 6.42 Å². The van der Waals surface area contributed by atoms with Crippen molar-refractivity contribution in [3.63, 3.8) is 0 Å². The quantitative estimate of drug-likeness (QED) is 0.391. The van der Waals surface area contributed by atoms with Crippen LogP contribution in [-0.2, 0) is 11.2 Å². The lowest BCUT2D eigenvalue weighted by Crippen LogP contribution is -2.52. The third kappa shape index (κ3) is 5.22. The summed E-state index contributed by atoms with van der Waals surface area (Å²) in [5.74, 6) is -0.604. The normalized spacial score (nSPS) is 12.8. The minimum absolute atomic E-state index is 0.265. The first-order valence-electron chi connectivity index (χ1n) is 10.4. The SMILES string of the molecule is CN(C(=O)[C@H](O)[C@H](Cc1ccccc1)NC(=O)c1cc2cc(Cl)ccc2[nH]1)c1ccccn1. The number of anilines is 1. The number of nitrogens with one attached hydrogen (secondary N) is 2. The maximum Gasteiger partial charge on any atom is 0.268 e. The van der Waals surface area contributed by atoms with Gasteiger partial charge in [0.2, 0.25) is 0 Å². The summed E-state index contributed by atoms with van der Waals surface area (Å²) >= 11 is 6.04. The highest BCUT2D eigenvalue weighted by atomic mass is 35.5. The van der Waals surface area contributed by atoms with Crippen molar-refractivity contribution in [1.29, 1.82) is 0 Å². The molecule has 0 radical (unpaired) electrons. The van der Waals surface area contributed by atoms with Gasteiger partial charge in [-0.25, -0.2) is 4.98 Å². The summed E-state index contributed by atoms with van der Waals surface area (Å²) in [4.78, 5) is 34.6. The molecule has 0 aliphatic carbocycles. The highest BCUT2D eigenvalue weighted by molar-refractivity contribution is 6.31. The van der Waals surface area contributed by atoms with Gasteiger partial charge in [0.05, 0.1) is 6.04 Å². The molecule has 0 aliphatic heterocycles. The van der Waals surface area contributed by atoms with Gasteiger partial charge in [0.15, 0.2) is 6.10 Å². The van der Waals surface area contributed by atoms with Gasteiger partial charge in [-0.3, -0.25) is 14.5 Å². The number of aliphatic hydroxyl groups is 1. The molecule has 2 atom stereocenters. The summed E-state index contributed by atoms with van der Waals surface area (Å²) in [6, 6.07) is 20.6. The van der Waals surface area contributed by atoms with E-state index in [4.69, 9.17) is 11.6 Å². The number of fused-ring (bicyclic) bond motifs is 1. The number of hydrogen-bond donors (Lipinski definition) is 3. The predicted molar refractivity (Wildman–Crippen MR) is 128 cm³/mol. The van der Waals surface area contributed by atoms with Crippen molar-refractivity contribution in [2.45, 2.75) is 18.6 Å². The molecule has 0 bridgehead atoms. The van der Waals surface area contributed by atoms with Gasteiger partial charge < -0.3 is 15.4 Å². The summed E-state index contributed by atoms with van der Waals surface area (Å²) in [6.45, 7) is 0. The lowest BCUT2D eigenvalue weighted by atomic mass is 10.00. The largest absolute Gasteiger partial charge is 0.381 e. The van der Waals surface area contributed by atoms with Gasteiger partial charge >= 0.3 is 0 Å². The fourth-order valence-electron chi connectivity index (χ4n) is 3.62. The van der Waals surface area contributed by atoms with E-state index in [1.807, 2.05) is 30.3 Å². The van der Waals surface area contributed by atoms with E-state index >= 15 is 0 Å². The Morgan fingerprint density at radius 3 is 2.58 bits per heavy atom. The van der Waals surface area contributed by atoms with Gasteiger partial charge in [0.1, 0.15) is 11.5 Å². The Hall–Kier alpha value is -3.68. The lowest BCUT2D eigenvalue weighted by Gasteiger charge is -2.27. The van der Waals surface area contributed by atoms with Crippen molar-refractivity contribution in [3.8, 4) is 0 Å². The molecule has 0 unspecified atom stereocenters. The van der Waals surface area contributed by atoms with Crippen molar-refractivity contribution in [3.05, 3.63) is 95.3 Å². The number of rotatable bonds is 7. The Kier molecular flexibility index (Phi) is 6.72. The summed E-state index contributed by atoms with van der Waals surface area (Å²) in [6.07, 6.45) is 0.346. The number of carbonyl (C=O) groups excluding carboxylic acids is 2. The Labute approximate surface area is 196 Å². The second kappa shape index (κ2) is 9.85. The molecule has 2 heterocycles. The zero-order valence-electron chi connectivity index (χ0n) is 17.9. The van der Waals surface area contributed by atoms with E-state index < -0.39 is 24.0 Å². The van der Waals surface area contributed by atoms with Crippen LogP contribution in [0.25, 0.3) is 10.9 Å². The lowest BCUT2D eigenvalue weighted by molar-refractivity contribution is -0.127. The highest BCUT2D eigenvalue weighted by Gasteiger charge is 2.31. The van der Waals surface area contributed by atoms with Crippen molar-refractivity contribution in [2.75, 3.05) is 11.9 Å². The number of benzene rings is 2. The van der Waals surface area contributed by atoms with E-state index in [0.717, 1.165) is 16.5 Å². The third-order valence-corrected chi connectivity index (χ3v) is 5.64. The fourth-order valence-corrected chi connectivity index (χ4v) is 3.80. The van der Waals surface area contributed by atoms with E-state index in [2.05, 4.69) is 15.3 Å². The molecular weight excluding hydrogens is 440 g/mol. The topological polar surface area (TPSA) is 98.3 Å². The van der Waals surface area contributed by atoms with Crippen molar-refractivity contribution < 1.29 is 14.7 Å². The molecule has 4 rings (SSSR count). The van der Waals surface area contributed by atoms with Crippen LogP contribution in [0.5, 0.6) is 0 Å². The smallest absolute Gasteiger partial charge is 0.268 e. The number of carbonyl (C=O) groups is 2. The molecule has 0 saturated carbocycles. The molecule has 2 amide bonds. The number of aromatic amines is 1. The average Bonchev–Trinajstić information content (AvgIpc) is 3.27. The first kappa shape index (κ1) is 22.5. The van der Waals surface area contributed by atoms with Crippen molar-refractivity contribution in [2.24, 2.45) is 0 Å². The Balaban J connectivity index is 1.58.